The molecule has 1 saturated heterocycles. The maximum Gasteiger partial charge on any atom is 0.234 e. The number of piperazine rings is 1. The fourth-order valence-corrected chi connectivity index (χ4v) is 2.77. The second kappa shape index (κ2) is 8.67. The Balaban J connectivity index is 1.64. The van der Waals surface area contributed by atoms with Crippen molar-refractivity contribution in [1.82, 2.24) is 25.8 Å². The number of guanidine groups is 1. The van der Waals surface area contributed by atoms with Crippen LogP contribution in [0.1, 0.15) is 33.6 Å². The van der Waals surface area contributed by atoms with Gasteiger partial charge < -0.3 is 20.9 Å². The molecule has 1 aliphatic carbocycles. The monoisotopic (exact) mass is 338 g/mol. The topological polar surface area (TPSA) is 72.0 Å². The zero-order chi connectivity index (χ0) is 17.6. The molecule has 0 aromatic rings. The first-order valence-electron chi connectivity index (χ1n) is 9.10. The van der Waals surface area contributed by atoms with Crippen molar-refractivity contribution in [1.29, 1.82) is 0 Å². The first-order chi connectivity index (χ1) is 11.4. The fraction of sp³-hybridized carbons (Fsp3) is 0.882. The number of nitrogens with one attached hydrogen (secondary N) is 3. The lowest BCUT2D eigenvalue weighted by Crippen LogP contribution is -2.54. The highest BCUT2D eigenvalue weighted by Gasteiger charge is 2.25. The van der Waals surface area contributed by atoms with Crippen molar-refractivity contribution in [2.45, 2.75) is 45.2 Å². The van der Waals surface area contributed by atoms with Crippen LogP contribution >= 0.6 is 0 Å². The number of hydrogen-bond donors (Lipinski definition) is 3. The van der Waals surface area contributed by atoms with Crippen LogP contribution in [0.15, 0.2) is 4.99 Å². The Labute approximate surface area is 146 Å². The van der Waals surface area contributed by atoms with Crippen LogP contribution in [0.5, 0.6) is 0 Å². The third-order valence-electron chi connectivity index (χ3n) is 4.26. The van der Waals surface area contributed by atoms with Crippen molar-refractivity contribution >= 4 is 11.9 Å². The summed E-state index contributed by atoms with van der Waals surface area (Å²) in [7, 11) is 1.83. The van der Waals surface area contributed by atoms with Crippen LogP contribution < -0.4 is 16.0 Å². The van der Waals surface area contributed by atoms with E-state index >= 15 is 0 Å². The third kappa shape index (κ3) is 7.05. The van der Waals surface area contributed by atoms with Crippen molar-refractivity contribution < 1.29 is 4.79 Å². The quantitative estimate of drug-likeness (QED) is 0.357. The number of nitrogens with zero attached hydrogens (tertiary/aromatic N) is 3. The molecule has 138 valence electrons. The van der Waals surface area contributed by atoms with Crippen LogP contribution in [0.2, 0.25) is 0 Å². The molecule has 1 aliphatic heterocycles. The molecule has 0 bridgehead atoms. The summed E-state index contributed by atoms with van der Waals surface area (Å²) in [6, 6.07) is 0.448. The SMILES string of the molecule is CN=C(NCCNC(C)(C)C)N1CCN(CC(=O)NC2CC2)CC1. The van der Waals surface area contributed by atoms with Crippen LogP contribution in [-0.4, -0.2) is 86.1 Å². The lowest BCUT2D eigenvalue weighted by molar-refractivity contribution is -0.122. The molecule has 2 aliphatic rings. The van der Waals surface area contributed by atoms with Gasteiger partial charge in [-0.05, 0) is 33.6 Å². The molecule has 24 heavy (non-hydrogen) atoms. The van der Waals surface area contributed by atoms with Crippen molar-refractivity contribution in [2.75, 3.05) is 52.9 Å². The number of carbonyl (C=O) groups is 1. The number of aliphatic imine (C=N–C) groups is 1. The average molecular weight is 339 g/mol. The molecule has 2 fully saturated rings. The summed E-state index contributed by atoms with van der Waals surface area (Å²) >= 11 is 0. The van der Waals surface area contributed by atoms with E-state index in [1.807, 2.05) is 7.05 Å². The van der Waals surface area contributed by atoms with Crippen LogP contribution in [-0.2, 0) is 4.79 Å². The smallest absolute Gasteiger partial charge is 0.234 e. The van der Waals surface area contributed by atoms with E-state index < -0.39 is 0 Å². The number of hydrogen-bond acceptors (Lipinski definition) is 4. The molecule has 3 N–H and O–H groups in total. The van der Waals surface area contributed by atoms with Gasteiger partial charge in [0.25, 0.3) is 0 Å². The Morgan fingerprint density at radius 2 is 1.79 bits per heavy atom. The predicted molar refractivity (Wildman–Crippen MR) is 98.3 cm³/mol. The minimum atomic E-state index is 0.137. The van der Waals surface area contributed by atoms with E-state index in [1.54, 1.807) is 0 Å². The van der Waals surface area contributed by atoms with Crippen LogP contribution in [0.3, 0.4) is 0 Å². The van der Waals surface area contributed by atoms with Gasteiger partial charge in [0, 0.05) is 57.9 Å². The Kier molecular flexibility index (Phi) is 6.86. The van der Waals surface area contributed by atoms with E-state index in [1.165, 1.54) is 0 Å². The van der Waals surface area contributed by atoms with Crippen molar-refractivity contribution in [3.8, 4) is 0 Å². The maximum atomic E-state index is 11.9. The molecule has 0 unspecified atom stereocenters. The van der Waals surface area contributed by atoms with E-state index in [4.69, 9.17) is 0 Å². The first-order valence-corrected chi connectivity index (χ1v) is 9.10. The largest absolute Gasteiger partial charge is 0.355 e. The fourth-order valence-electron chi connectivity index (χ4n) is 2.77. The van der Waals surface area contributed by atoms with Crippen LogP contribution in [0.4, 0.5) is 0 Å². The molecule has 1 heterocycles. The van der Waals surface area contributed by atoms with Gasteiger partial charge in [0.1, 0.15) is 0 Å². The minimum absolute atomic E-state index is 0.137. The van der Waals surface area contributed by atoms with E-state index in [0.29, 0.717) is 12.6 Å². The molecule has 7 nitrogen and oxygen atoms in total. The second-order valence-electron chi connectivity index (χ2n) is 7.76. The van der Waals surface area contributed by atoms with E-state index in [-0.39, 0.29) is 11.4 Å². The van der Waals surface area contributed by atoms with E-state index in [2.05, 4.69) is 51.5 Å². The molecule has 7 heteroatoms. The predicted octanol–water partition coefficient (Wildman–Crippen LogP) is -0.154. The first kappa shape index (κ1) is 19.0. The molecule has 0 spiro atoms. The number of carbonyl (C=O) groups excluding carboxylic acids is 1. The third-order valence-corrected chi connectivity index (χ3v) is 4.26. The highest BCUT2D eigenvalue weighted by atomic mass is 16.2. The lowest BCUT2D eigenvalue weighted by atomic mass is 10.1. The zero-order valence-electron chi connectivity index (χ0n) is 15.7. The van der Waals surface area contributed by atoms with E-state index in [9.17, 15) is 4.79 Å². The Morgan fingerprint density at radius 1 is 1.12 bits per heavy atom. The highest BCUT2D eigenvalue weighted by molar-refractivity contribution is 5.80. The minimum Gasteiger partial charge on any atom is -0.355 e. The molecule has 2 rings (SSSR count). The van der Waals surface area contributed by atoms with Crippen molar-refractivity contribution in [3.05, 3.63) is 0 Å². The second-order valence-corrected chi connectivity index (χ2v) is 7.76. The maximum absolute atomic E-state index is 11.9. The molecule has 0 radical (unpaired) electrons. The summed E-state index contributed by atoms with van der Waals surface area (Å²) in [4.78, 5) is 20.8. The summed E-state index contributed by atoms with van der Waals surface area (Å²) in [5.41, 5.74) is 0.137. The Morgan fingerprint density at radius 3 is 2.33 bits per heavy atom. The van der Waals surface area contributed by atoms with Crippen molar-refractivity contribution in [2.24, 2.45) is 4.99 Å². The van der Waals surface area contributed by atoms with Gasteiger partial charge in [-0.3, -0.25) is 14.7 Å². The standard InChI is InChI=1S/C17H34N6O/c1-17(2,3)20-8-7-19-16(18-4)23-11-9-22(10-12-23)13-15(24)21-14-5-6-14/h14,20H,5-13H2,1-4H3,(H,18,19)(H,21,24). The van der Waals surface area contributed by atoms with Gasteiger partial charge in [0.15, 0.2) is 5.96 Å². The van der Waals surface area contributed by atoms with Gasteiger partial charge in [-0.15, -0.1) is 0 Å². The summed E-state index contributed by atoms with van der Waals surface area (Å²) in [6.07, 6.45) is 2.29. The van der Waals surface area contributed by atoms with Gasteiger partial charge in [0.2, 0.25) is 5.91 Å². The van der Waals surface area contributed by atoms with E-state index in [0.717, 1.165) is 58.1 Å². The van der Waals surface area contributed by atoms with Gasteiger partial charge in [-0.2, -0.15) is 0 Å². The molecule has 0 atom stereocenters. The molecule has 0 aromatic carbocycles. The Hall–Kier alpha value is -1.34. The average Bonchev–Trinajstić information content (AvgIpc) is 3.31. The summed E-state index contributed by atoms with van der Waals surface area (Å²) in [6.45, 7) is 12.4. The molecule has 1 saturated carbocycles. The van der Waals surface area contributed by atoms with Crippen molar-refractivity contribution in [3.63, 3.8) is 0 Å². The Bertz CT molecular complexity index is 433. The van der Waals surface area contributed by atoms with Gasteiger partial charge in [-0.1, -0.05) is 0 Å². The van der Waals surface area contributed by atoms with Gasteiger partial charge >= 0.3 is 0 Å². The highest BCUT2D eigenvalue weighted by Crippen LogP contribution is 2.18. The van der Waals surface area contributed by atoms with Gasteiger partial charge in [0.05, 0.1) is 6.54 Å². The number of amides is 1. The molecule has 0 aromatic heterocycles. The normalized spacial score (nSPS) is 20.2. The van der Waals surface area contributed by atoms with Crippen LogP contribution in [0, 0.1) is 0 Å². The summed E-state index contributed by atoms with van der Waals surface area (Å²) in [5, 5.41) is 9.94. The lowest BCUT2D eigenvalue weighted by Gasteiger charge is -2.36. The zero-order valence-corrected chi connectivity index (χ0v) is 15.7. The molecule has 1 amide bonds. The number of rotatable bonds is 6. The summed E-state index contributed by atoms with van der Waals surface area (Å²) in [5.74, 6) is 1.12. The molecular weight excluding hydrogens is 304 g/mol. The summed E-state index contributed by atoms with van der Waals surface area (Å²) < 4.78 is 0. The van der Waals surface area contributed by atoms with Crippen LogP contribution in [0.25, 0.3) is 0 Å². The van der Waals surface area contributed by atoms with Gasteiger partial charge in [-0.25, -0.2) is 0 Å². The molecular formula is C17H34N6O.